The molecule has 0 fully saturated rings. The average molecular weight is 645 g/mol. The molecule has 7 nitrogen and oxygen atoms in total. The van der Waals surface area contributed by atoms with Crippen molar-refractivity contribution in [3.8, 4) is 22.5 Å². The zero-order chi connectivity index (χ0) is 33.8. The number of imidazole rings is 1. The van der Waals surface area contributed by atoms with Crippen LogP contribution >= 0.6 is 0 Å². The fraction of sp³-hybridized carbons (Fsp3) is 0.190. The summed E-state index contributed by atoms with van der Waals surface area (Å²) in [7, 11) is 0. The maximum Gasteiger partial charge on any atom is 0.184 e. The Balaban J connectivity index is 1.33. The zero-order valence-corrected chi connectivity index (χ0v) is 28.1. The molecule has 0 radical (unpaired) electrons. The lowest BCUT2D eigenvalue weighted by Gasteiger charge is -2.36. The molecule has 0 saturated heterocycles. The maximum absolute atomic E-state index is 10.6. The van der Waals surface area contributed by atoms with Crippen molar-refractivity contribution in [2.75, 3.05) is 0 Å². The molecule has 0 spiro atoms. The summed E-state index contributed by atoms with van der Waals surface area (Å²) in [4.78, 5) is 4.76. The van der Waals surface area contributed by atoms with Gasteiger partial charge in [-0.2, -0.15) is 0 Å². The SMILES string of the molecule is CCCc1nc(C(C)(C)O)cn1Cc1ccc(-c2ccccc2-c2nnnn2C(c2ccccc2)(c2ccccc2)c2ccccc2)cc1. The summed E-state index contributed by atoms with van der Waals surface area (Å²) in [6, 6.07) is 48.3. The summed E-state index contributed by atoms with van der Waals surface area (Å²) in [6.07, 6.45) is 3.82. The van der Waals surface area contributed by atoms with Crippen molar-refractivity contribution >= 4 is 0 Å². The molecule has 5 aromatic carbocycles. The van der Waals surface area contributed by atoms with Gasteiger partial charge in [0.05, 0.1) is 5.69 Å². The van der Waals surface area contributed by atoms with Gasteiger partial charge < -0.3 is 9.67 Å². The number of hydrogen-bond donors (Lipinski definition) is 1. The van der Waals surface area contributed by atoms with Crippen molar-refractivity contribution in [1.29, 1.82) is 0 Å². The third-order valence-corrected chi connectivity index (χ3v) is 9.11. The van der Waals surface area contributed by atoms with Gasteiger partial charge in [0.2, 0.25) is 0 Å². The van der Waals surface area contributed by atoms with Crippen LogP contribution in [0, 0.1) is 0 Å². The standard InChI is InChI=1S/C42H40N6O/c1-4-16-39-43-38(41(2,3)49)30-47(39)29-31-25-27-32(28-26-31)36-23-14-15-24-37(36)40-44-45-46-48(40)42(33-17-8-5-9-18-33,34-19-10-6-11-20-34)35-21-12-7-13-22-35/h5-15,17-28,30,49H,4,16,29H2,1-3H3. The Morgan fingerprint density at radius 1 is 0.653 bits per heavy atom. The normalized spacial score (nSPS) is 11.9. The van der Waals surface area contributed by atoms with Crippen LogP contribution in [0.1, 0.15) is 61.0 Å². The van der Waals surface area contributed by atoms with E-state index in [9.17, 15) is 5.11 Å². The van der Waals surface area contributed by atoms with Crippen molar-refractivity contribution < 1.29 is 5.11 Å². The minimum Gasteiger partial charge on any atom is -0.384 e. The van der Waals surface area contributed by atoms with Crippen LogP contribution in [-0.2, 0) is 24.1 Å². The van der Waals surface area contributed by atoms with Gasteiger partial charge in [0.1, 0.15) is 17.0 Å². The summed E-state index contributed by atoms with van der Waals surface area (Å²) in [5.41, 5.74) is 6.20. The van der Waals surface area contributed by atoms with E-state index in [0.29, 0.717) is 18.1 Å². The van der Waals surface area contributed by atoms with Crippen molar-refractivity contribution in [3.63, 3.8) is 0 Å². The van der Waals surface area contributed by atoms with Crippen molar-refractivity contribution in [3.05, 3.63) is 179 Å². The average Bonchev–Trinajstić information content (AvgIpc) is 3.79. The van der Waals surface area contributed by atoms with E-state index in [-0.39, 0.29) is 0 Å². The molecule has 0 saturated carbocycles. The number of tetrazole rings is 1. The van der Waals surface area contributed by atoms with Gasteiger partial charge >= 0.3 is 0 Å². The van der Waals surface area contributed by atoms with Gasteiger partial charge in [-0.05, 0) is 64.1 Å². The van der Waals surface area contributed by atoms with Crippen LogP contribution in [0.4, 0.5) is 0 Å². The van der Waals surface area contributed by atoms with E-state index in [4.69, 9.17) is 15.3 Å². The molecule has 0 aliphatic rings. The van der Waals surface area contributed by atoms with E-state index < -0.39 is 11.1 Å². The molecule has 7 rings (SSSR count). The monoisotopic (exact) mass is 644 g/mol. The molecular weight excluding hydrogens is 605 g/mol. The van der Waals surface area contributed by atoms with Crippen LogP contribution < -0.4 is 0 Å². The molecule has 7 heteroatoms. The summed E-state index contributed by atoms with van der Waals surface area (Å²) >= 11 is 0. The first-order valence-corrected chi connectivity index (χ1v) is 16.8. The first-order chi connectivity index (χ1) is 23.9. The molecule has 1 N–H and O–H groups in total. The van der Waals surface area contributed by atoms with Crippen molar-refractivity contribution in [2.45, 2.75) is 51.3 Å². The number of benzene rings is 5. The summed E-state index contributed by atoms with van der Waals surface area (Å²) < 4.78 is 4.14. The van der Waals surface area contributed by atoms with Gasteiger partial charge in [0.25, 0.3) is 0 Å². The van der Waals surface area contributed by atoms with E-state index in [1.165, 1.54) is 0 Å². The Kier molecular flexibility index (Phi) is 8.76. The summed E-state index contributed by atoms with van der Waals surface area (Å²) in [6.45, 7) is 6.38. The van der Waals surface area contributed by atoms with E-state index in [1.54, 1.807) is 13.8 Å². The largest absolute Gasteiger partial charge is 0.384 e. The minimum absolute atomic E-state index is 0.665. The first-order valence-electron chi connectivity index (χ1n) is 16.8. The third-order valence-electron chi connectivity index (χ3n) is 9.11. The second-order valence-corrected chi connectivity index (χ2v) is 12.9. The molecule has 244 valence electrons. The van der Waals surface area contributed by atoms with Crippen molar-refractivity contribution in [2.24, 2.45) is 0 Å². The van der Waals surface area contributed by atoms with Crippen LogP contribution in [0.3, 0.4) is 0 Å². The molecule has 0 unspecified atom stereocenters. The first kappa shape index (κ1) is 31.9. The number of rotatable bonds is 11. The van der Waals surface area contributed by atoms with Gasteiger partial charge in [0.15, 0.2) is 5.82 Å². The second kappa shape index (κ2) is 13.5. The van der Waals surface area contributed by atoms with Gasteiger partial charge in [-0.1, -0.05) is 146 Å². The van der Waals surface area contributed by atoms with Gasteiger partial charge in [-0.3, -0.25) is 0 Å². The molecule has 0 amide bonds. The second-order valence-electron chi connectivity index (χ2n) is 12.9. The smallest absolute Gasteiger partial charge is 0.184 e. The lowest BCUT2D eigenvalue weighted by Crippen LogP contribution is -2.39. The number of hydrogen-bond acceptors (Lipinski definition) is 5. The number of aryl methyl sites for hydroxylation is 1. The topological polar surface area (TPSA) is 81.7 Å². The number of aliphatic hydroxyl groups is 1. The molecule has 0 atom stereocenters. The highest BCUT2D eigenvalue weighted by Crippen LogP contribution is 2.43. The molecule has 2 heterocycles. The van der Waals surface area contributed by atoms with Crippen LogP contribution in [0.2, 0.25) is 0 Å². The number of aromatic nitrogens is 6. The summed E-state index contributed by atoms with van der Waals surface area (Å²) in [5, 5.41) is 24.4. The van der Waals surface area contributed by atoms with Crippen LogP contribution in [0.25, 0.3) is 22.5 Å². The Morgan fingerprint density at radius 2 is 1.18 bits per heavy atom. The Hall–Kier alpha value is -5.66. The maximum atomic E-state index is 10.6. The van der Waals surface area contributed by atoms with Gasteiger partial charge in [-0.25, -0.2) is 9.67 Å². The van der Waals surface area contributed by atoms with E-state index in [0.717, 1.165) is 57.6 Å². The molecule has 0 bridgehead atoms. The molecule has 49 heavy (non-hydrogen) atoms. The fourth-order valence-electron chi connectivity index (χ4n) is 6.71. The molecule has 0 aliphatic carbocycles. The minimum atomic E-state index is -0.990. The molecule has 2 aromatic heterocycles. The quantitative estimate of drug-likeness (QED) is 0.143. The predicted molar refractivity (Wildman–Crippen MR) is 194 cm³/mol. The van der Waals surface area contributed by atoms with Gasteiger partial charge in [-0.15, -0.1) is 5.10 Å². The zero-order valence-electron chi connectivity index (χ0n) is 28.1. The van der Waals surface area contributed by atoms with Crippen molar-refractivity contribution in [1.82, 2.24) is 29.8 Å². The fourth-order valence-corrected chi connectivity index (χ4v) is 6.71. The highest BCUT2D eigenvalue weighted by atomic mass is 16.3. The number of nitrogens with zero attached hydrogens (tertiary/aromatic N) is 6. The Bertz CT molecular complexity index is 2030. The molecule has 0 aliphatic heterocycles. The van der Waals surface area contributed by atoms with Crippen LogP contribution in [-0.4, -0.2) is 34.9 Å². The lowest BCUT2D eigenvalue weighted by atomic mass is 9.77. The summed E-state index contributed by atoms with van der Waals surface area (Å²) in [5.74, 6) is 1.65. The highest BCUT2D eigenvalue weighted by Gasteiger charge is 2.42. The van der Waals surface area contributed by atoms with E-state index in [1.807, 2.05) is 35.1 Å². The van der Waals surface area contributed by atoms with Crippen LogP contribution in [0.5, 0.6) is 0 Å². The van der Waals surface area contributed by atoms with Gasteiger partial charge in [0, 0.05) is 24.7 Å². The van der Waals surface area contributed by atoms with E-state index >= 15 is 0 Å². The lowest BCUT2D eigenvalue weighted by molar-refractivity contribution is 0.0741. The molecule has 7 aromatic rings. The Morgan fingerprint density at radius 3 is 1.71 bits per heavy atom. The third kappa shape index (κ3) is 6.09. The highest BCUT2D eigenvalue weighted by molar-refractivity contribution is 5.81. The Labute approximate surface area is 287 Å². The van der Waals surface area contributed by atoms with Crippen LogP contribution in [0.15, 0.2) is 146 Å². The molecular formula is C42H40N6O. The predicted octanol–water partition coefficient (Wildman–Crippen LogP) is 8.27. The van der Waals surface area contributed by atoms with E-state index in [2.05, 4.69) is 132 Å².